The Morgan fingerprint density at radius 1 is 1.06 bits per heavy atom. The van der Waals surface area contributed by atoms with Crippen LogP contribution in [0.1, 0.15) is 11.1 Å². The van der Waals surface area contributed by atoms with Crippen molar-refractivity contribution in [1.29, 1.82) is 0 Å². The van der Waals surface area contributed by atoms with E-state index in [9.17, 15) is 9.50 Å². The van der Waals surface area contributed by atoms with Gasteiger partial charge in [0.05, 0.1) is 0 Å². The first kappa shape index (κ1) is 10.7. The van der Waals surface area contributed by atoms with E-state index in [-0.39, 0.29) is 11.6 Å². The van der Waals surface area contributed by atoms with Gasteiger partial charge in [-0.15, -0.1) is 0 Å². The summed E-state index contributed by atoms with van der Waals surface area (Å²) in [5.41, 5.74) is 2.36. The summed E-state index contributed by atoms with van der Waals surface area (Å²) in [4.78, 5) is 0. The molecule has 0 saturated carbocycles. The molecule has 0 fully saturated rings. The lowest BCUT2D eigenvalue weighted by Crippen LogP contribution is -1.92. The van der Waals surface area contributed by atoms with E-state index in [0.29, 0.717) is 16.7 Å². The van der Waals surface area contributed by atoms with Crippen LogP contribution in [-0.4, -0.2) is 5.11 Å². The number of aryl methyl sites for hydroxylation is 1. The predicted octanol–water partition coefficient (Wildman–Crippen LogP) is 3.82. The SMILES string of the molecule is Cc1cc(-c2ccccc2)c(F)c(C)c1O. The van der Waals surface area contributed by atoms with Crippen molar-refractivity contribution in [2.45, 2.75) is 13.8 Å². The summed E-state index contributed by atoms with van der Waals surface area (Å²) in [5, 5.41) is 9.62. The molecule has 0 unspecified atom stereocenters. The highest BCUT2D eigenvalue weighted by Crippen LogP contribution is 2.32. The summed E-state index contributed by atoms with van der Waals surface area (Å²) in [7, 11) is 0. The number of phenols is 1. The normalized spacial score (nSPS) is 10.4. The van der Waals surface area contributed by atoms with E-state index >= 15 is 0 Å². The minimum Gasteiger partial charge on any atom is -0.507 e. The van der Waals surface area contributed by atoms with Gasteiger partial charge in [-0.2, -0.15) is 0 Å². The average Bonchev–Trinajstić information content (AvgIpc) is 2.32. The van der Waals surface area contributed by atoms with Crippen LogP contribution in [0.25, 0.3) is 11.1 Å². The number of phenolic OH excluding ortho intramolecular Hbond substituents is 1. The summed E-state index contributed by atoms with van der Waals surface area (Å²) in [6, 6.07) is 11.0. The van der Waals surface area contributed by atoms with E-state index in [1.54, 1.807) is 19.9 Å². The van der Waals surface area contributed by atoms with Crippen LogP contribution >= 0.6 is 0 Å². The van der Waals surface area contributed by atoms with Gasteiger partial charge in [-0.05, 0) is 31.0 Å². The molecule has 0 aliphatic carbocycles. The largest absolute Gasteiger partial charge is 0.507 e. The molecule has 0 atom stereocenters. The lowest BCUT2D eigenvalue weighted by molar-refractivity contribution is 0.459. The fraction of sp³-hybridized carbons (Fsp3) is 0.143. The van der Waals surface area contributed by atoms with Gasteiger partial charge in [0.15, 0.2) is 0 Å². The zero-order valence-corrected chi connectivity index (χ0v) is 9.29. The van der Waals surface area contributed by atoms with Crippen molar-refractivity contribution in [3.05, 3.63) is 53.3 Å². The minimum atomic E-state index is -0.352. The van der Waals surface area contributed by atoms with Crippen LogP contribution in [0.15, 0.2) is 36.4 Å². The zero-order chi connectivity index (χ0) is 11.7. The van der Waals surface area contributed by atoms with Crippen molar-refractivity contribution in [2.75, 3.05) is 0 Å². The number of aromatic hydroxyl groups is 1. The molecule has 0 amide bonds. The third-order valence-corrected chi connectivity index (χ3v) is 2.74. The summed E-state index contributed by atoms with van der Waals surface area (Å²) in [6.45, 7) is 3.36. The number of benzene rings is 2. The van der Waals surface area contributed by atoms with Crippen molar-refractivity contribution in [1.82, 2.24) is 0 Å². The van der Waals surface area contributed by atoms with Gasteiger partial charge >= 0.3 is 0 Å². The molecule has 1 nitrogen and oxygen atoms in total. The molecule has 0 aromatic heterocycles. The molecule has 1 N–H and O–H groups in total. The Bertz CT molecular complexity index is 518. The molecule has 0 radical (unpaired) electrons. The Kier molecular flexibility index (Phi) is 2.65. The van der Waals surface area contributed by atoms with Crippen LogP contribution < -0.4 is 0 Å². The third-order valence-electron chi connectivity index (χ3n) is 2.74. The monoisotopic (exact) mass is 216 g/mol. The second kappa shape index (κ2) is 3.97. The van der Waals surface area contributed by atoms with E-state index in [0.717, 1.165) is 5.56 Å². The summed E-state index contributed by atoms with van der Waals surface area (Å²) >= 11 is 0. The maximum absolute atomic E-state index is 14.0. The van der Waals surface area contributed by atoms with E-state index in [2.05, 4.69) is 0 Å². The molecule has 2 heteroatoms. The van der Waals surface area contributed by atoms with Crippen LogP contribution in [0, 0.1) is 19.7 Å². The molecular weight excluding hydrogens is 203 g/mol. The first-order chi connectivity index (χ1) is 7.61. The van der Waals surface area contributed by atoms with E-state index in [1.165, 1.54) is 0 Å². The van der Waals surface area contributed by atoms with Gasteiger partial charge in [0.25, 0.3) is 0 Å². The van der Waals surface area contributed by atoms with Crippen molar-refractivity contribution in [2.24, 2.45) is 0 Å². The first-order valence-electron chi connectivity index (χ1n) is 5.15. The van der Waals surface area contributed by atoms with E-state index in [4.69, 9.17) is 0 Å². The molecule has 0 aliphatic rings. The van der Waals surface area contributed by atoms with Crippen molar-refractivity contribution >= 4 is 0 Å². The quantitative estimate of drug-likeness (QED) is 0.768. The van der Waals surface area contributed by atoms with Crippen molar-refractivity contribution in [3.63, 3.8) is 0 Å². The van der Waals surface area contributed by atoms with Crippen molar-refractivity contribution in [3.8, 4) is 16.9 Å². The van der Waals surface area contributed by atoms with Gasteiger partial charge in [-0.25, -0.2) is 4.39 Å². The fourth-order valence-electron chi connectivity index (χ4n) is 1.78. The highest BCUT2D eigenvalue weighted by Gasteiger charge is 2.13. The number of hydrogen-bond donors (Lipinski definition) is 1. The molecule has 2 aromatic rings. The highest BCUT2D eigenvalue weighted by molar-refractivity contribution is 5.68. The molecule has 0 bridgehead atoms. The highest BCUT2D eigenvalue weighted by atomic mass is 19.1. The van der Waals surface area contributed by atoms with E-state index < -0.39 is 0 Å². The van der Waals surface area contributed by atoms with E-state index in [1.807, 2.05) is 30.3 Å². The third kappa shape index (κ3) is 1.67. The topological polar surface area (TPSA) is 20.2 Å². The molecular formula is C14H13FO. The standard InChI is InChI=1S/C14H13FO/c1-9-8-12(11-6-4-3-5-7-11)13(15)10(2)14(9)16/h3-8,16H,1-2H3. The minimum absolute atomic E-state index is 0.0391. The smallest absolute Gasteiger partial charge is 0.137 e. The van der Waals surface area contributed by atoms with Gasteiger partial charge in [-0.3, -0.25) is 0 Å². The second-order valence-corrected chi connectivity index (χ2v) is 3.89. The molecule has 0 saturated heterocycles. The zero-order valence-electron chi connectivity index (χ0n) is 9.29. The number of rotatable bonds is 1. The van der Waals surface area contributed by atoms with Crippen LogP contribution in [0.5, 0.6) is 5.75 Å². The van der Waals surface area contributed by atoms with Gasteiger partial charge < -0.3 is 5.11 Å². The first-order valence-corrected chi connectivity index (χ1v) is 5.15. The molecule has 0 heterocycles. The van der Waals surface area contributed by atoms with Gasteiger partial charge in [0, 0.05) is 11.1 Å². The molecule has 2 rings (SSSR count). The Balaban J connectivity index is 2.68. The predicted molar refractivity (Wildman–Crippen MR) is 63.0 cm³/mol. The van der Waals surface area contributed by atoms with Crippen LogP contribution in [0.2, 0.25) is 0 Å². The lowest BCUT2D eigenvalue weighted by Gasteiger charge is -2.10. The Hall–Kier alpha value is -1.83. The average molecular weight is 216 g/mol. The Morgan fingerprint density at radius 3 is 2.31 bits per heavy atom. The van der Waals surface area contributed by atoms with Crippen molar-refractivity contribution < 1.29 is 9.50 Å². The maximum Gasteiger partial charge on any atom is 0.137 e. The van der Waals surface area contributed by atoms with Gasteiger partial charge in [0.2, 0.25) is 0 Å². The molecule has 2 aromatic carbocycles. The summed E-state index contributed by atoms with van der Waals surface area (Å²) in [5.74, 6) is -0.313. The Morgan fingerprint density at radius 2 is 1.69 bits per heavy atom. The maximum atomic E-state index is 14.0. The Labute approximate surface area is 94.2 Å². The summed E-state index contributed by atoms with van der Waals surface area (Å²) in [6.07, 6.45) is 0. The molecule has 0 aliphatic heterocycles. The second-order valence-electron chi connectivity index (χ2n) is 3.89. The van der Waals surface area contributed by atoms with Crippen LogP contribution in [-0.2, 0) is 0 Å². The van der Waals surface area contributed by atoms with Gasteiger partial charge in [-0.1, -0.05) is 30.3 Å². The lowest BCUT2D eigenvalue weighted by atomic mass is 9.99. The molecule has 82 valence electrons. The fourth-order valence-corrected chi connectivity index (χ4v) is 1.78. The van der Waals surface area contributed by atoms with Crippen LogP contribution in [0.4, 0.5) is 4.39 Å². The number of halogens is 1. The van der Waals surface area contributed by atoms with Gasteiger partial charge in [0.1, 0.15) is 11.6 Å². The van der Waals surface area contributed by atoms with Crippen LogP contribution in [0.3, 0.4) is 0 Å². The summed E-state index contributed by atoms with van der Waals surface area (Å²) < 4.78 is 14.0. The molecule has 0 spiro atoms. The molecule has 16 heavy (non-hydrogen) atoms. The number of hydrogen-bond acceptors (Lipinski definition) is 1.